The third kappa shape index (κ3) is 4.46. The van der Waals surface area contributed by atoms with Crippen molar-refractivity contribution in [2.75, 3.05) is 6.61 Å². The standard InChI is InChI=1S/C15H13BrF3NO/c16-10-12-1-2-14(13(9-12)15(17,18)19)21-8-5-11-3-6-20-7-4-11/h1-4,6-7,9H,5,8,10H2. The third-order valence-corrected chi connectivity index (χ3v) is 3.55. The first-order valence-corrected chi connectivity index (χ1v) is 7.40. The Hall–Kier alpha value is -1.56. The van der Waals surface area contributed by atoms with Crippen molar-refractivity contribution in [1.82, 2.24) is 4.98 Å². The van der Waals surface area contributed by atoms with Gasteiger partial charge in [-0.15, -0.1) is 0 Å². The first kappa shape index (κ1) is 15.8. The molecule has 2 aromatic rings. The summed E-state index contributed by atoms with van der Waals surface area (Å²) in [7, 11) is 0. The average Bonchev–Trinajstić information content (AvgIpc) is 2.47. The van der Waals surface area contributed by atoms with Gasteiger partial charge >= 0.3 is 6.18 Å². The highest BCUT2D eigenvalue weighted by molar-refractivity contribution is 9.08. The van der Waals surface area contributed by atoms with E-state index in [1.165, 1.54) is 6.07 Å². The van der Waals surface area contributed by atoms with E-state index in [0.29, 0.717) is 17.3 Å². The Balaban J connectivity index is 2.09. The maximum Gasteiger partial charge on any atom is 0.419 e. The molecule has 1 heterocycles. The van der Waals surface area contributed by atoms with Crippen molar-refractivity contribution < 1.29 is 17.9 Å². The van der Waals surface area contributed by atoms with E-state index >= 15 is 0 Å². The maximum absolute atomic E-state index is 13.0. The molecule has 2 nitrogen and oxygen atoms in total. The second-order valence-corrected chi connectivity index (χ2v) is 4.98. The lowest BCUT2D eigenvalue weighted by atomic mass is 10.1. The van der Waals surface area contributed by atoms with E-state index in [0.717, 1.165) is 11.6 Å². The molecule has 0 spiro atoms. The molecule has 21 heavy (non-hydrogen) atoms. The summed E-state index contributed by atoms with van der Waals surface area (Å²) in [6.45, 7) is 0.181. The van der Waals surface area contributed by atoms with Gasteiger partial charge in [-0.2, -0.15) is 13.2 Å². The summed E-state index contributed by atoms with van der Waals surface area (Å²) in [6, 6.07) is 7.71. The Bertz CT molecular complexity index is 587. The lowest BCUT2D eigenvalue weighted by Gasteiger charge is -2.15. The molecular formula is C15H13BrF3NO. The van der Waals surface area contributed by atoms with E-state index in [4.69, 9.17) is 4.74 Å². The van der Waals surface area contributed by atoms with E-state index in [2.05, 4.69) is 20.9 Å². The van der Waals surface area contributed by atoms with Gasteiger partial charge in [-0.3, -0.25) is 4.98 Å². The fraction of sp³-hybridized carbons (Fsp3) is 0.267. The summed E-state index contributed by atoms with van der Waals surface area (Å²) in [5, 5.41) is 0.368. The molecule has 1 aromatic heterocycles. The third-order valence-electron chi connectivity index (χ3n) is 2.90. The highest BCUT2D eigenvalue weighted by Gasteiger charge is 2.34. The van der Waals surface area contributed by atoms with Gasteiger partial charge in [-0.1, -0.05) is 22.0 Å². The summed E-state index contributed by atoms with van der Waals surface area (Å²) >= 11 is 3.15. The number of benzene rings is 1. The minimum Gasteiger partial charge on any atom is -0.493 e. The van der Waals surface area contributed by atoms with Gasteiger partial charge in [-0.05, 0) is 35.4 Å². The predicted octanol–water partition coefficient (Wildman–Crippen LogP) is 4.62. The molecule has 0 amide bonds. The molecule has 0 unspecified atom stereocenters. The van der Waals surface area contributed by atoms with Crippen LogP contribution >= 0.6 is 15.9 Å². The van der Waals surface area contributed by atoms with Crippen LogP contribution in [0.25, 0.3) is 0 Å². The number of hydrogen-bond acceptors (Lipinski definition) is 2. The van der Waals surface area contributed by atoms with Crippen LogP contribution in [0.4, 0.5) is 13.2 Å². The van der Waals surface area contributed by atoms with Crippen molar-refractivity contribution >= 4 is 15.9 Å². The molecule has 0 N–H and O–H groups in total. The molecule has 0 aliphatic heterocycles. The summed E-state index contributed by atoms with van der Waals surface area (Å²) in [4.78, 5) is 3.88. The summed E-state index contributed by atoms with van der Waals surface area (Å²) in [5.74, 6) is -0.138. The lowest BCUT2D eigenvalue weighted by molar-refractivity contribution is -0.139. The fourth-order valence-electron chi connectivity index (χ4n) is 1.84. The second-order valence-electron chi connectivity index (χ2n) is 4.42. The van der Waals surface area contributed by atoms with Crippen molar-refractivity contribution in [3.8, 4) is 5.75 Å². The Labute approximate surface area is 129 Å². The van der Waals surface area contributed by atoms with Crippen LogP contribution in [0.5, 0.6) is 5.75 Å². The topological polar surface area (TPSA) is 22.1 Å². The number of hydrogen-bond donors (Lipinski definition) is 0. The number of pyridine rings is 1. The van der Waals surface area contributed by atoms with Gasteiger partial charge in [0.1, 0.15) is 5.75 Å². The molecule has 6 heteroatoms. The average molecular weight is 360 g/mol. The van der Waals surface area contributed by atoms with E-state index < -0.39 is 11.7 Å². The van der Waals surface area contributed by atoms with Gasteiger partial charge in [0.25, 0.3) is 0 Å². The first-order valence-electron chi connectivity index (χ1n) is 6.28. The van der Waals surface area contributed by atoms with Crippen molar-refractivity contribution in [2.45, 2.75) is 17.9 Å². The summed E-state index contributed by atoms with van der Waals surface area (Å²) in [6.07, 6.45) is -0.618. The molecule has 0 aliphatic carbocycles. The minimum atomic E-state index is -4.43. The molecule has 0 fully saturated rings. The summed E-state index contributed by atoms with van der Waals surface area (Å²) in [5.41, 5.74) is 0.786. The highest BCUT2D eigenvalue weighted by atomic mass is 79.9. The smallest absolute Gasteiger partial charge is 0.419 e. The van der Waals surface area contributed by atoms with Crippen LogP contribution in [-0.2, 0) is 17.9 Å². The Kier molecular flexibility index (Phi) is 5.22. The van der Waals surface area contributed by atoms with Crippen LogP contribution in [0.1, 0.15) is 16.7 Å². The molecular weight excluding hydrogens is 347 g/mol. The molecule has 0 bridgehead atoms. The van der Waals surface area contributed by atoms with Crippen molar-refractivity contribution in [1.29, 1.82) is 0 Å². The van der Waals surface area contributed by atoms with Crippen LogP contribution in [-0.4, -0.2) is 11.6 Å². The van der Waals surface area contributed by atoms with Crippen LogP contribution in [0.15, 0.2) is 42.7 Å². The number of aromatic nitrogens is 1. The van der Waals surface area contributed by atoms with Crippen molar-refractivity contribution in [3.63, 3.8) is 0 Å². The van der Waals surface area contributed by atoms with Crippen LogP contribution in [0.3, 0.4) is 0 Å². The van der Waals surface area contributed by atoms with Gasteiger partial charge in [0.2, 0.25) is 0 Å². The zero-order valence-electron chi connectivity index (χ0n) is 11.0. The van der Waals surface area contributed by atoms with Crippen LogP contribution < -0.4 is 4.74 Å². The SMILES string of the molecule is FC(F)(F)c1cc(CBr)ccc1OCCc1ccncc1. The molecule has 1 aromatic carbocycles. The van der Waals surface area contributed by atoms with E-state index in [-0.39, 0.29) is 12.4 Å². The number of rotatable bonds is 5. The zero-order chi connectivity index (χ0) is 15.3. The van der Waals surface area contributed by atoms with E-state index in [9.17, 15) is 13.2 Å². The molecule has 112 valence electrons. The Morgan fingerprint density at radius 1 is 1.05 bits per heavy atom. The van der Waals surface area contributed by atoms with Gasteiger partial charge in [0.15, 0.2) is 0 Å². The highest BCUT2D eigenvalue weighted by Crippen LogP contribution is 2.37. The van der Waals surface area contributed by atoms with Crippen LogP contribution in [0, 0.1) is 0 Å². The quantitative estimate of drug-likeness (QED) is 0.726. The van der Waals surface area contributed by atoms with Crippen molar-refractivity contribution in [3.05, 3.63) is 59.4 Å². The summed E-state index contributed by atoms with van der Waals surface area (Å²) < 4.78 is 44.3. The second kappa shape index (κ2) is 6.93. The largest absolute Gasteiger partial charge is 0.493 e. The van der Waals surface area contributed by atoms with E-state index in [1.807, 2.05) is 12.1 Å². The van der Waals surface area contributed by atoms with Crippen LogP contribution in [0.2, 0.25) is 0 Å². The normalized spacial score (nSPS) is 11.4. The Morgan fingerprint density at radius 2 is 1.76 bits per heavy atom. The lowest BCUT2D eigenvalue weighted by Crippen LogP contribution is -2.11. The number of nitrogens with zero attached hydrogens (tertiary/aromatic N) is 1. The molecule has 0 saturated carbocycles. The monoisotopic (exact) mass is 359 g/mol. The van der Waals surface area contributed by atoms with Gasteiger partial charge in [-0.25, -0.2) is 0 Å². The minimum absolute atomic E-state index is 0.138. The zero-order valence-corrected chi connectivity index (χ0v) is 12.6. The maximum atomic E-state index is 13.0. The van der Waals surface area contributed by atoms with Gasteiger partial charge in [0.05, 0.1) is 12.2 Å². The first-order chi connectivity index (χ1) is 10.0. The van der Waals surface area contributed by atoms with Gasteiger partial charge < -0.3 is 4.74 Å². The Morgan fingerprint density at radius 3 is 2.38 bits per heavy atom. The molecule has 0 radical (unpaired) electrons. The van der Waals surface area contributed by atoms with E-state index in [1.54, 1.807) is 18.5 Å². The number of ether oxygens (including phenoxy) is 1. The molecule has 0 atom stereocenters. The number of halogens is 4. The molecule has 2 rings (SSSR count). The molecule has 0 aliphatic rings. The fourth-order valence-corrected chi connectivity index (χ4v) is 2.18. The predicted molar refractivity (Wildman–Crippen MR) is 77.5 cm³/mol. The number of alkyl halides is 4. The van der Waals surface area contributed by atoms with Crippen molar-refractivity contribution in [2.24, 2.45) is 0 Å². The van der Waals surface area contributed by atoms with Gasteiger partial charge in [0, 0.05) is 24.1 Å². The molecule has 0 saturated heterocycles.